The number of carbonyl (C=O) groups is 1. The second kappa shape index (κ2) is 8.81. The molecule has 1 aliphatic carbocycles. The molecule has 1 aromatic heterocycles. The molecule has 1 amide bonds. The van der Waals surface area contributed by atoms with Crippen molar-refractivity contribution in [1.82, 2.24) is 15.1 Å². The number of rotatable bonds is 6. The zero-order valence-corrected chi connectivity index (χ0v) is 17.9. The molecule has 3 aromatic rings. The molecule has 1 unspecified atom stereocenters. The molecule has 164 valence electrons. The summed E-state index contributed by atoms with van der Waals surface area (Å²) in [6.45, 7) is 1.02. The van der Waals surface area contributed by atoms with Gasteiger partial charge in [-0.05, 0) is 71.2 Å². The highest BCUT2D eigenvalue weighted by Crippen LogP contribution is 2.44. The fraction of sp³-hybridized carbons (Fsp3) is 0.346. The van der Waals surface area contributed by atoms with Crippen LogP contribution in [0.5, 0.6) is 0 Å². The molecule has 6 nitrogen and oxygen atoms in total. The number of aliphatic hydroxyl groups excluding tert-OH is 2. The summed E-state index contributed by atoms with van der Waals surface area (Å²) < 4.78 is 0. The van der Waals surface area contributed by atoms with Crippen LogP contribution in [0.4, 0.5) is 0 Å². The van der Waals surface area contributed by atoms with Gasteiger partial charge in [0.25, 0.3) is 5.91 Å². The van der Waals surface area contributed by atoms with Crippen LogP contribution in [-0.2, 0) is 13.2 Å². The van der Waals surface area contributed by atoms with Crippen LogP contribution in [0, 0.1) is 0 Å². The van der Waals surface area contributed by atoms with Crippen molar-refractivity contribution in [2.24, 2.45) is 0 Å². The van der Waals surface area contributed by atoms with E-state index in [4.69, 9.17) is 5.11 Å². The van der Waals surface area contributed by atoms with E-state index in [1.54, 1.807) is 17.0 Å². The summed E-state index contributed by atoms with van der Waals surface area (Å²) >= 11 is 0. The third-order valence-electron chi connectivity index (χ3n) is 6.62. The van der Waals surface area contributed by atoms with E-state index in [-0.39, 0.29) is 30.7 Å². The summed E-state index contributed by atoms with van der Waals surface area (Å²) in [6, 6.07) is 18.2. The van der Waals surface area contributed by atoms with E-state index in [0.717, 1.165) is 23.1 Å². The zero-order chi connectivity index (χ0) is 22.1. The van der Waals surface area contributed by atoms with Crippen molar-refractivity contribution in [1.29, 1.82) is 0 Å². The molecule has 2 heterocycles. The van der Waals surface area contributed by atoms with Gasteiger partial charge >= 0.3 is 0 Å². The highest BCUT2D eigenvalue weighted by atomic mass is 16.3. The predicted octanol–water partition coefficient (Wildman–Crippen LogP) is 3.64. The van der Waals surface area contributed by atoms with E-state index < -0.39 is 0 Å². The Morgan fingerprint density at radius 3 is 2.47 bits per heavy atom. The average molecular weight is 430 g/mol. The van der Waals surface area contributed by atoms with Gasteiger partial charge in [0, 0.05) is 19.0 Å². The molecule has 2 aliphatic rings. The number of carbonyl (C=O) groups excluding carboxylic acids is 1. The molecule has 1 saturated heterocycles. The van der Waals surface area contributed by atoms with Crippen LogP contribution in [-0.4, -0.2) is 44.3 Å². The normalized spacial score (nSPS) is 18.2. The number of aliphatic hydroxyl groups is 2. The Kier molecular flexibility index (Phi) is 5.72. The first-order valence-corrected chi connectivity index (χ1v) is 11.2. The molecule has 1 aliphatic heterocycles. The standard InChI is InChI=1S/C26H27N3O3/c30-15-20-13-18(24-4-2-1-3-23(24)17-5-6-17)7-9-22(20)19-11-12-29(14-19)26(32)25-10-8-21(16-31)27-28-25/h1-4,7-10,13,17,19,30-31H,5-6,11-12,14-16H2. The maximum Gasteiger partial charge on any atom is 0.274 e. The van der Waals surface area contributed by atoms with Gasteiger partial charge in [0.15, 0.2) is 5.69 Å². The van der Waals surface area contributed by atoms with Crippen LogP contribution in [0.25, 0.3) is 11.1 Å². The van der Waals surface area contributed by atoms with Gasteiger partial charge in [-0.3, -0.25) is 4.79 Å². The molecule has 0 spiro atoms. The van der Waals surface area contributed by atoms with Crippen LogP contribution in [0.1, 0.15) is 64.0 Å². The number of nitrogens with zero attached hydrogens (tertiary/aromatic N) is 3. The van der Waals surface area contributed by atoms with Gasteiger partial charge in [-0.1, -0.05) is 36.4 Å². The molecule has 2 aromatic carbocycles. The van der Waals surface area contributed by atoms with Gasteiger partial charge < -0.3 is 15.1 Å². The maximum absolute atomic E-state index is 12.8. The van der Waals surface area contributed by atoms with Crippen molar-refractivity contribution in [3.05, 3.63) is 82.7 Å². The molecule has 1 saturated carbocycles. The number of likely N-dealkylation sites (tertiary alicyclic amines) is 1. The quantitative estimate of drug-likeness (QED) is 0.625. The minimum absolute atomic E-state index is 0.0205. The molecule has 0 bridgehead atoms. The van der Waals surface area contributed by atoms with Gasteiger partial charge in [0.05, 0.1) is 18.9 Å². The Morgan fingerprint density at radius 2 is 1.75 bits per heavy atom. The SMILES string of the molecule is O=C(c1ccc(CO)nn1)N1CCC(c2ccc(-c3ccccc3C3CC3)cc2CO)C1. The Bertz CT molecular complexity index is 1130. The van der Waals surface area contributed by atoms with Crippen molar-refractivity contribution in [2.75, 3.05) is 13.1 Å². The molecular weight excluding hydrogens is 402 g/mol. The monoisotopic (exact) mass is 429 g/mol. The van der Waals surface area contributed by atoms with Crippen LogP contribution < -0.4 is 0 Å². The van der Waals surface area contributed by atoms with Crippen molar-refractivity contribution in [3.8, 4) is 11.1 Å². The van der Waals surface area contributed by atoms with Gasteiger partial charge in [-0.15, -0.1) is 5.10 Å². The third-order valence-corrected chi connectivity index (χ3v) is 6.62. The molecule has 2 N–H and O–H groups in total. The molecule has 5 rings (SSSR count). The number of hydrogen-bond acceptors (Lipinski definition) is 5. The fourth-order valence-electron chi connectivity index (χ4n) is 4.74. The first-order valence-electron chi connectivity index (χ1n) is 11.2. The van der Waals surface area contributed by atoms with Crippen LogP contribution >= 0.6 is 0 Å². The van der Waals surface area contributed by atoms with Crippen molar-refractivity contribution < 1.29 is 15.0 Å². The van der Waals surface area contributed by atoms with E-state index in [2.05, 4.69) is 52.7 Å². The second-order valence-corrected chi connectivity index (χ2v) is 8.74. The van der Waals surface area contributed by atoms with Crippen molar-refractivity contribution in [2.45, 2.75) is 44.3 Å². The number of aromatic nitrogens is 2. The van der Waals surface area contributed by atoms with Crippen LogP contribution in [0.15, 0.2) is 54.6 Å². The number of benzene rings is 2. The molecule has 0 radical (unpaired) electrons. The summed E-state index contributed by atoms with van der Waals surface area (Å²) in [6.07, 6.45) is 3.35. The largest absolute Gasteiger partial charge is 0.392 e. The molecular formula is C26H27N3O3. The molecule has 32 heavy (non-hydrogen) atoms. The third kappa shape index (κ3) is 4.04. The summed E-state index contributed by atoms with van der Waals surface area (Å²) in [5, 5.41) is 27.1. The van der Waals surface area contributed by atoms with Crippen molar-refractivity contribution in [3.63, 3.8) is 0 Å². The minimum Gasteiger partial charge on any atom is -0.392 e. The Labute approximate surface area is 187 Å². The summed E-state index contributed by atoms with van der Waals surface area (Å²) in [4.78, 5) is 14.6. The first-order chi connectivity index (χ1) is 15.7. The van der Waals surface area contributed by atoms with Gasteiger partial charge in [0.2, 0.25) is 0 Å². The van der Waals surface area contributed by atoms with E-state index in [1.807, 2.05) is 0 Å². The average Bonchev–Trinajstić information content (AvgIpc) is 3.59. The van der Waals surface area contributed by atoms with Gasteiger partial charge in [0.1, 0.15) is 0 Å². The topological polar surface area (TPSA) is 86.5 Å². The molecule has 2 fully saturated rings. The second-order valence-electron chi connectivity index (χ2n) is 8.74. The lowest BCUT2D eigenvalue weighted by atomic mass is 9.89. The predicted molar refractivity (Wildman–Crippen MR) is 121 cm³/mol. The zero-order valence-electron chi connectivity index (χ0n) is 17.9. The summed E-state index contributed by atoms with van der Waals surface area (Å²) in [7, 11) is 0. The Hall–Kier alpha value is -3.09. The van der Waals surface area contributed by atoms with Gasteiger partial charge in [-0.2, -0.15) is 5.10 Å². The lowest BCUT2D eigenvalue weighted by Crippen LogP contribution is -2.29. The maximum atomic E-state index is 12.8. The lowest BCUT2D eigenvalue weighted by molar-refractivity contribution is 0.0783. The van der Waals surface area contributed by atoms with E-state index in [9.17, 15) is 9.90 Å². The van der Waals surface area contributed by atoms with E-state index in [0.29, 0.717) is 24.7 Å². The van der Waals surface area contributed by atoms with Crippen LogP contribution in [0.2, 0.25) is 0 Å². The first kappa shape index (κ1) is 20.8. The Morgan fingerprint density at radius 1 is 0.906 bits per heavy atom. The fourth-order valence-corrected chi connectivity index (χ4v) is 4.74. The molecule has 1 atom stereocenters. The lowest BCUT2D eigenvalue weighted by Gasteiger charge is -2.19. The van der Waals surface area contributed by atoms with Crippen molar-refractivity contribution >= 4 is 5.91 Å². The minimum atomic E-state index is -0.196. The smallest absolute Gasteiger partial charge is 0.274 e. The highest BCUT2D eigenvalue weighted by Gasteiger charge is 2.30. The van der Waals surface area contributed by atoms with Gasteiger partial charge in [-0.25, -0.2) is 0 Å². The highest BCUT2D eigenvalue weighted by molar-refractivity contribution is 5.92. The summed E-state index contributed by atoms with van der Waals surface area (Å²) in [5.74, 6) is 0.691. The van der Waals surface area contributed by atoms with E-state index in [1.165, 1.54) is 24.0 Å². The van der Waals surface area contributed by atoms with Crippen LogP contribution in [0.3, 0.4) is 0 Å². The number of amides is 1. The molecule has 6 heteroatoms. The summed E-state index contributed by atoms with van der Waals surface area (Å²) in [5.41, 5.74) is 6.57. The number of hydrogen-bond donors (Lipinski definition) is 2. The Balaban J connectivity index is 1.35. The van der Waals surface area contributed by atoms with E-state index >= 15 is 0 Å².